The number of hydrogen-bond acceptors (Lipinski definition) is 2. The Labute approximate surface area is 107 Å². The standard InChI is InChI=1S/C12H18ClN3O/c1-2-14-8-3-9-15-12(17)16-11-6-4-10(13)5-7-11/h4-7,14H,2-3,8-9H2,1H3,(H2,15,16,17). The third-order valence-corrected chi connectivity index (χ3v) is 2.42. The van der Waals surface area contributed by atoms with Gasteiger partial charge in [-0.3, -0.25) is 0 Å². The molecule has 0 aliphatic carbocycles. The van der Waals surface area contributed by atoms with Gasteiger partial charge in [0, 0.05) is 17.3 Å². The van der Waals surface area contributed by atoms with Crippen molar-refractivity contribution in [2.24, 2.45) is 0 Å². The molecule has 17 heavy (non-hydrogen) atoms. The molecule has 2 amide bonds. The van der Waals surface area contributed by atoms with E-state index in [9.17, 15) is 4.79 Å². The Morgan fingerprint density at radius 3 is 2.59 bits per heavy atom. The van der Waals surface area contributed by atoms with Gasteiger partial charge in [-0.25, -0.2) is 4.79 Å². The number of halogens is 1. The minimum atomic E-state index is -0.191. The molecule has 0 aliphatic heterocycles. The first-order chi connectivity index (χ1) is 8.22. The van der Waals surface area contributed by atoms with E-state index in [-0.39, 0.29) is 6.03 Å². The largest absolute Gasteiger partial charge is 0.338 e. The van der Waals surface area contributed by atoms with E-state index in [1.807, 2.05) is 0 Å². The number of carbonyl (C=O) groups excluding carboxylic acids is 1. The minimum absolute atomic E-state index is 0.191. The first-order valence-electron chi connectivity index (χ1n) is 5.73. The van der Waals surface area contributed by atoms with Crippen molar-refractivity contribution in [3.63, 3.8) is 0 Å². The monoisotopic (exact) mass is 255 g/mol. The van der Waals surface area contributed by atoms with Gasteiger partial charge in [-0.15, -0.1) is 0 Å². The summed E-state index contributed by atoms with van der Waals surface area (Å²) in [6, 6.07) is 6.81. The van der Waals surface area contributed by atoms with Crippen LogP contribution in [-0.4, -0.2) is 25.7 Å². The van der Waals surface area contributed by atoms with Crippen LogP contribution in [0.15, 0.2) is 24.3 Å². The van der Waals surface area contributed by atoms with Crippen LogP contribution in [0.25, 0.3) is 0 Å². The first-order valence-corrected chi connectivity index (χ1v) is 6.11. The van der Waals surface area contributed by atoms with Crippen molar-refractivity contribution >= 4 is 23.3 Å². The van der Waals surface area contributed by atoms with Crippen LogP contribution in [0.1, 0.15) is 13.3 Å². The Bertz CT molecular complexity index is 340. The summed E-state index contributed by atoms with van der Waals surface area (Å²) >= 11 is 5.75. The van der Waals surface area contributed by atoms with Gasteiger partial charge in [0.05, 0.1) is 0 Å². The molecule has 0 fully saturated rings. The Balaban J connectivity index is 2.18. The van der Waals surface area contributed by atoms with Crippen molar-refractivity contribution in [2.45, 2.75) is 13.3 Å². The molecule has 1 aromatic carbocycles. The molecular formula is C12H18ClN3O. The van der Waals surface area contributed by atoms with Crippen LogP contribution in [0.3, 0.4) is 0 Å². The summed E-state index contributed by atoms with van der Waals surface area (Å²) in [6.45, 7) is 4.59. The summed E-state index contributed by atoms with van der Waals surface area (Å²) in [6.07, 6.45) is 0.919. The molecule has 5 heteroatoms. The highest BCUT2D eigenvalue weighted by molar-refractivity contribution is 6.30. The van der Waals surface area contributed by atoms with Crippen molar-refractivity contribution in [1.29, 1.82) is 0 Å². The summed E-state index contributed by atoms with van der Waals surface area (Å²) in [7, 11) is 0. The Kier molecular flexibility index (Phi) is 6.43. The molecule has 0 saturated carbocycles. The topological polar surface area (TPSA) is 53.2 Å². The van der Waals surface area contributed by atoms with Crippen LogP contribution in [0.4, 0.5) is 10.5 Å². The van der Waals surface area contributed by atoms with Crippen molar-refractivity contribution in [3.05, 3.63) is 29.3 Å². The zero-order valence-corrected chi connectivity index (χ0v) is 10.7. The average Bonchev–Trinajstić information content (AvgIpc) is 2.32. The minimum Gasteiger partial charge on any atom is -0.338 e. The number of rotatable bonds is 6. The second-order valence-electron chi connectivity index (χ2n) is 3.59. The molecule has 0 aliphatic rings. The smallest absolute Gasteiger partial charge is 0.319 e. The SMILES string of the molecule is CCNCCCNC(=O)Nc1ccc(Cl)cc1. The molecule has 0 spiro atoms. The zero-order valence-electron chi connectivity index (χ0n) is 9.92. The van der Waals surface area contributed by atoms with Crippen molar-refractivity contribution in [3.8, 4) is 0 Å². The molecule has 0 radical (unpaired) electrons. The lowest BCUT2D eigenvalue weighted by Crippen LogP contribution is -2.31. The van der Waals surface area contributed by atoms with Crippen LogP contribution in [0.5, 0.6) is 0 Å². The van der Waals surface area contributed by atoms with E-state index in [0.29, 0.717) is 11.6 Å². The molecule has 0 saturated heterocycles. The van der Waals surface area contributed by atoms with Gasteiger partial charge >= 0.3 is 6.03 Å². The second-order valence-corrected chi connectivity index (χ2v) is 4.03. The van der Waals surface area contributed by atoms with Gasteiger partial charge in [0.2, 0.25) is 0 Å². The molecule has 0 aromatic heterocycles. The molecule has 0 atom stereocenters. The van der Waals surface area contributed by atoms with Gasteiger partial charge < -0.3 is 16.0 Å². The summed E-state index contributed by atoms with van der Waals surface area (Å²) in [5.74, 6) is 0. The predicted molar refractivity (Wildman–Crippen MR) is 71.6 cm³/mol. The third-order valence-electron chi connectivity index (χ3n) is 2.17. The van der Waals surface area contributed by atoms with Crippen LogP contribution in [0, 0.1) is 0 Å². The molecule has 0 heterocycles. The quantitative estimate of drug-likeness (QED) is 0.684. The van der Waals surface area contributed by atoms with E-state index in [0.717, 1.165) is 25.2 Å². The maximum absolute atomic E-state index is 11.5. The average molecular weight is 256 g/mol. The molecule has 0 bridgehead atoms. The van der Waals surface area contributed by atoms with Gasteiger partial charge in [-0.1, -0.05) is 18.5 Å². The number of carbonyl (C=O) groups is 1. The summed E-state index contributed by atoms with van der Waals surface area (Å²) < 4.78 is 0. The van der Waals surface area contributed by atoms with Crippen LogP contribution in [-0.2, 0) is 0 Å². The number of amides is 2. The molecule has 0 unspecified atom stereocenters. The number of benzene rings is 1. The first kappa shape index (κ1) is 13.8. The normalized spacial score (nSPS) is 10.0. The fourth-order valence-electron chi connectivity index (χ4n) is 1.30. The number of hydrogen-bond donors (Lipinski definition) is 3. The van der Waals surface area contributed by atoms with Crippen molar-refractivity contribution < 1.29 is 4.79 Å². The van der Waals surface area contributed by atoms with E-state index >= 15 is 0 Å². The van der Waals surface area contributed by atoms with E-state index in [1.165, 1.54) is 0 Å². The Morgan fingerprint density at radius 1 is 1.24 bits per heavy atom. The van der Waals surface area contributed by atoms with Crippen LogP contribution < -0.4 is 16.0 Å². The maximum atomic E-state index is 11.5. The highest BCUT2D eigenvalue weighted by Crippen LogP contribution is 2.12. The van der Waals surface area contributed by atoms with Crippen molar-refractivity contribution in [1.82, 2.24) is 10.6 Å². The second kappa shape index (κ2) is 7.92. The lowest BCUT2D eigenvalue weighted by molar-refractivity contribution is 0.252. The van der Waals surface area contributed by atoms with Crippen molar-refractivity contribution in [2.75, 3.05) is 25.0 Å². The third kappa shape index (κ3) is 6.14. The van der Waals surface area contributed by atoms with Crippen LogP contribution in [0.2, 0.25) is 5.02 Å². The van der Waals surface area contributed by atoms with Gasteiger partial charge in [-0.05, 0) is 43.8 Å². The number of nitrogens with one attached hydrogen (secondary N) is 3. The Hall–Kier alpha value is -1.26. The fraction of sp³-hybridized carbons (Fsp3) is 0.417. The predicted octanol–water partition coefficient (Wildman–Crippen LogP) is 2.46. The summed E-state index contributed by atoms with van der Waals surface area (Å²) in [5.41, 5.74) is 0.735. The summed E-state index contributed by atoms with van der Waals surface area (Å²) in [5, 5.41) is 9.36. The number of anilines is 1. The van der Waals surface area contributed by atoms with Gasteiger partial charge in [0.15, 0.2) is 0 Å². The van der Waals surface area contributed by atoms with Gasteiger partial charge in [0.1, 0.15) is 0 Å². The zero-order chi connectivity index (χ0) is 12.5. The van der Waals surface area contributed by atoms with E-state index < -0.39 is 0 Å². The van der Waals surface area contributed by atoms with E-state index in [4.69, 9.17) is 11.6 Å². The highest BCUT2D eigenvalue weighted by Gasteiger charge is 2.00. The molecule has 94 valence electrons. The van der Waals surface area contributed by atoms with Crippen LogP contribution >= 0.6 is 11.6 Å². The Morgan fingerprint density at radius 2 is 1.94 bits per heavy atom. The molecular weight excluding hydrogens is 238 g/mol. The number of urea groups is 1. The van der Waals surface area contributed by atoms with E-state index in [1.54, 1.807) is 24.3 Å². The lowest BCUT2D eigenvalue weighted by Gasteiger charge is -2.07. The molecule has 3 N–H and O–H groups in total. The van der Waals surface area contributed by atoms with Gasteiger partial charge in [0.25, 0.3) is 0 Å². The fourth-order valence-corrected chi connectivity index (χ4v) is 1.43. The molecule has 4 nitrogen and oxygen atoms in total. The highest BCUT2D eigenvalue weighted by atomic mass is 35.5. The summed E-state index contributed by atoms with van der Waals surface area (Å²) in [4.78, 5) is 11.5. The van der Waals surface area contributed by atoms with Gasteiger partial charge in [-0.2, -0.15) is 0 Å². The maximum Gasteiger partial charge on any atom is 0.319 e. The molecule has 1 aromatic rings. The molecule has 1 rings (SSSR count). The van der Waals surface area contributed by atoms with E-state index in [2.05, 4.69) is 22.9 Å². The lowest BCUT2D eigenvalue weighted by atomic mass is 10.3.